The number of hydrogen-bond acceptors (Lipinski definition) is 8. The zero-order valence-electron chi connectivity index (χ0n) is 26.5. The maximum atomic E-state index is 16.8. The molecular formula is C36H44FN5O3. The number of anilines is 1. The minimum Gasteiger partial charge on any atom is -0.508 e. The van der Waals surface area contributed by atoms with E-state index in [-0.39, 0.29) is 23.0 Å². The van der Waals surface area contributed by atoms with Crippen molar-refractivity contribution in [1.29, 1.82) is 0 Å². The van der Waals surface area contributed by atoms with Gasteiger partial charge >= 0.3 is 6.01 Å². The number of likely N-dealkylation sites (tertiary alicyclic amines) is 1. The summed E-state index contributed by atoms with van der Waals surface area (Å²) in [5.41, 5.74) is 2.02. The van der Waals surface area contributed by atoms with E-state index in [1.54, 1.807) is 18.3 Å². The van der Waals surface area contributed by atoms with Gasteiger partial charge in [0.15, 0.2) is 5.82 Å². The van der Waals surface area contributed by atoms with E-state index in [1.807, 2.05) is 25.1 Å². The summed E-state index contributed by atoms with van der Waals surface area (Å²) in [6, 6.07) is 9.47. The number of piperidine rings is 2. The lowest BCUT2D eigenvalue weighted by Crippen LogP contribution is -2.38. The number of fused-ring (bicyclic) bond motifs is 4. The summed E-state index contributed by atoms with van der Waals surface area (Å²) < 4.78 is 28.6. The third-order valence-corrected chi connectivity index (χ3v) is 10.1. The Morgan fingerprint density at radius 1 is 1.02 bits per heavy atom. The quantitative estimate of drug-likeness (QED) is 0.214. The van der Waals surface area contributed by atoms with Gasteiger partial charge in [-0.2, -0.15) is 9.97 Å². The van der Waals surface area contributed by atoms with Gasteiger partial charge in [-0.3, -0.25) is 9.88 Å². The maximum absolute atomic E-state index is 16.8. The van der Waals surface area contributed by atoms with Crippen molar-refractivity contribution in [2.75, 3.05) is 57.4 Å². The van der Waals surface area contributed by atoms with Gasteiger partial charge in [-0.05, 0) is 105 Å². The number of benzene rings is 2. The Labute approximate surface area is 264 Å². The minimum atomic E-state index is -0.518. The van der Waals surface area contributed by atoms with Crippen molar-refractivity contribution in [2.45, 2.75) is 52.4 Å². The first-order valence-electron chi connectivity index (χ1n) is 16.8. The molecule has 2 saturated heterocycles. The summed E-state index contributed by atoms with van der Waals surface area (Å²) in [6.07, 6.45) is 8.45. The van der Waals surface area contributed by atoms with Crippen LogP contribution in [0.4, 0.5) is 10.2 Å². The highest BCUT2D eigenvalue weighted by atomic mass is 19.1. The third-order valence-electron chi connectivity index (χ3n) is 10.1. The van der Waals surface area contributed by atoms with E-state index in [0.29, 0.717) is 41.1 Å². The van der Waals surface area contributed by atoms with Crippen molar-refractivity contribution < 1.29 is 19.0 Å². The highest BCUT2D eigenvalue weighted by Gasteiger charge is 2.35. The lowest BCUT2D eigenvalue weighted by molar-refractivity contribution is 0.0699. The summed E-state index contributed by atoms with van der Waals surface area (Å²) >= 11 is 0. The van der Waals surface area contributed by atoms with Gasteiger partial charge in [-0.25, -0.2) is 4.39 Å². The molecule has 2 unspecified atom stereocenters. The van der Waals surface area contributed by atoms with Crippen molar-refractivity contribution in [3.63, 3.8) is 0 Å². The monoisotopic (exact) mass is 613 g/mol. The second kappa shape index (κ2) is 13.0. The Morgan fingerprint density at radius 2 is 1.82 bits per heavy atom. The van der Waals surface area contributed by atoms with Crippen LogP contribution in [0.25, 0.3) is 32.9 Å². The standard InChI is InChI=1S/C36H44FN5O3/c1-3-26-6-5-7-27-17-28(43)18-29(31(26)27)33-32(37)34-30(19-38-33)35(42-20-24-8-9-25(16-24)21-42)40-36(39-34)45-15-14-41-12-10-23(11-13-41)22-44-4-2/h5-7,17-19,23-25,43H,3-4,8-16,20-22H2,1-2H3. The largest absolute Gasteiger partial charge is 0.508 e. The Balaban J connectivity index is 1.22. The van der Waals surface area contributed by atoms with Gasteiger partial charge in [0.05, 0.1) is 5.39 Å². The zero-order valence-corrected chi connectivity index (χ0v) is 26.5. The number of rotatable bonds is 10. The number of aromatic nitrogens is 3. The van der Waals surface area contributed by atoms with Crippen molar-refractivity contribution in [2.24, 2.45) is 17.8 Å². The van der Waals surface area contributed by atoms with Gasteiger partial charge in [-0.15, -0.1) is 0 Å². The van der Waals surface area contributed by atoms with E-state index < -0.39 is 5.82 Å². The first-order valence-corrected chi connectivity index (χ1v) is 16.8. The van der Waals surface area contributed by atoms with Gasteiger partial charge in [0, 0.05) is 44.6 Å². The van der Waals surface area contributed by atoms with Crippen LogP contribution in [-0.4, -0.2) is 77.5 Å². The maximum Gasteiger partial charge on any atom is 0.319 e. The van der Waals surface area contributed by atoms with Crippen molar-refractivity contribution >= 4 is 27.5 Å². The molecule has 3 aliphatic rings. The predicted molar refractivity (Wildman–Crippen MR) is 175 cm³/mol. The number of halogens is 1. The number of nitrogens with zero attached hydrogens (tertiary/aromatic N) is 5. The average molecular weight is 614 g/mol. The number of phenols is 1. The number of aryl methyl sites for hydroxylation is 1. The summed E-state index contributed by atoms with van der Waals surface area (Å²) in [7, 11) is 0. The molecular weight excluding hydrogens is 569 g/mol. The molecule has 0 amide bonds. The van der Waals surface area contributed by atoms with Crippen LogP contribution in [0.5, 0.6) is 11.8 Å². The number of aromatic hydroxyl groups is 1. The normalized spacial score (nSPS) is 20.8. The number of phenolic OH excluding ortho intramolecular Hbond substituents is 1. The Morgan fingerprint density at radius 3 is 2.58 bits per heavy atom. The summed E-state index contributed by atoms with van der Waals surface area (Å²) in [4.78, 5) is 19.0. The average Bonchev–Trinajstić information content (AvgIpc) is 3.40. The highest BCUT2D eigenvalue weighted by Crippen LogP contribution is 2.41. The molecule has 1 aliphatic carbocycles. The van der Waals surface area contributed by atoms with E-state index in [1.165, 1.54) is 19.3 Å². The van der Waals surface area contributed by atoms with Crippen LogP contribution in [-0.2, 0) is 11.2 Å². The second-order valence-electron chi connectivity index (χ2n) is 13.1. The molecule has 4 aromatic rings. The molecule has 8 nitrogen and oxygen atoms in total. The van der Waals surface area contributed by atoms with E-state index in [4.69, 9.17) is 14.5 Å². The fraction of sp³-hybridized carbons (Fsp3) is 0.528. The molecule has 4 heterocycles. The lowest BCUT2D eigenvalue weighted by Gasteiger charge is -2.33. The molecule has 9 heteroatoms. The highest BCUT2D eigenvalue weighted by molar-refractivity contribution is 6.01. The Hall–Kier alpha value is -3.56. The SMILES string of the molecule is CCOCC1CCN(CCOc2nc(N3CC4CCC(C4)C3)c3cnc(-c4cc(O)cc5cccc(CC)c45)c(F)c3n2)CC1. The molecule has 2 aromatic heterocycles. The van der Waals surface area contributed by atoms with Crippen LogP contribution in [0.3, 0.4) is 0 Å². The number of pyridine rings is 1. The number of ether oxygens (including phenoxy) is 2. The summed E-state index contributed by atoms with van der Waals surface area (Å²) in [5, 5.41) is 12.9. The van der Waals surface area contributed by atoms with Crippen molar-refractivity contribution in [3.05, 3.63) is 47.9 Å². The molecule has 2 aromatic carbocycles. The summed E-state index contributed by atoms with van der Waals surface area (Å²) in [6.45, 7) is 10.8. The van der Waals surface area contributed by atoms with E-state index >= 15 is 4.39 Å². The van der Waals surface area contributed by atoms with Crippen LogP contribution in [0, 0.1) is 23.6 Å². The van der Waals surface area contributed by atoms with Crippen LogP contribution in [0.1, 0.15) is 51.5 Å². The topological polar surface area (TPSA) is 83.8 Å². The third kappa shape index (κ3) is 6.17. The van der Waals surface area contributed by atoms with Gasteiger partial charge in [-0.1, -0.05) is 25.1 Å². The van der Waals surface area contributed by atoms with Crippen LogP contribution < -0.4 is 9.64 Å². The molecule has 7 rings (SSSR count). The van der Waals surface area contributed by atoms with E-state index in [0.717, 1.165) is 81.5 Å². The van der Waals surface area contributed by atoms with Crippen molar-refractivity contribution in [1.82, 2.24) is 19.9 Å². The first kappa shape index (κ1) is 30.1. The molecule has 2 bridgehead atoms. The minimum absolute atomic E-state index is 0.0742. The second-order valence-corrected chi connectivity index (χ2v) is 13.1. The molecule has 0 spiro atoms. The van der Waals surface area contributed by atoms with Gasteiger partial charge in [0.25, 0.3) is 0 Å². The summed E-state index contributed by atoms with van der Waals surface area (Å²) in [5.74, 6) is 2.15. The van der Waals surface area contributed by atoms with Gasteiger partial charge < -0.3 is 19.5 Å². The molecule has 238 valence electrons. The number of hydrogen-bond donors (Lipinski definition) is 1. The molecule has 45 heavy (non-hydrogen) atoms. The van der Waals surface area contributed by atoms with Crippen LogP contribution in [0.15, 0.2) is 36.5 Å². The first-order chi connectivity index (χ1) is 22.0. The molecule has 0 radical (unpaired) electrons. The van der Waals surface area contributed by atoms with Crippen LogP contribution in [0.2, 0.25) is 0 Å². The Kier molecular flexibility index (Phi) is 8.73. The molecule has 1 saturated carbocycles. The predicted octanol–water partition coefficient (Wildman–Crippen LogP) is 6.62. The molecule has 2 aliphatic heterocycles. The zero-order chi connectivity index (χ0) is 30.9. The molecule has 3 fully saturated rings. The smallest absolute Gasteiger partial charge is 0.319 e. The molecule has 1 N–H and O–H groups in total. The van der Waals surface area contributed by atoms with E-state index in [9.17, 15) is 5.11 Å². The fourth-order valence-electron chi connectivity index (χ4n) is 7.79. The van der Waals surface area contributed by atoms with Crippen LogP contribution >= 0.6 is 0 Å². The van der Waals surface area contributed by atoms with Crippen molar-refractivity contribution in [3.8, 4) is 23.0 Å². The Bertz CT molecular complexity index is 1660. The van der Waals surface area contributed by atoms with Gasteiger partial charge in [0.2, 0.25) is 0 Å². The van der Waals surface area contributed by atoms with E-state index in [2.05, 4.69) is 26.7 Å². The van der Waals surface area contributed by atoms with Gasteiger partial charge in [0.1, 0.15) is 29.4 Å². The molecule has 2 atom stereocenters. The lowest BCUT2D eigenvalue weighted by atomic mass is 9.95. The fourth-order valence-corrected chi connectivity index (χ4v) is 7.79.